The van der Waals surface area contributed by atoms with Crippen LogP contribution in [0, 0.1) is 6.92 Å². The highest BCUT2D eigenvalue weighted by atomic mass is 16.5. The molecule has 1 N–H and O–H groups in total. The van der Waals surface area contributed by atoms with Gasteiger partial charge in [0.15, 0.2) is 11.6 Å². The van der Waals surface area contributed by atoms with Crippen LogP contribution in [0.5, 0.6) is 17.5 Å². The molecule has 0 atom stereocenters. The number of rotatable bonds is 8. The summed E-state index contributed by atoms with van der Waals surface area (Å²) in [5, 5.41) is 16.3. The average Bonchev–Trinajstić information content (AvgIpc) is 3.34. The van der Waals surface area contributed by atoms with Crippen LogP contribution in [-0.2, 0) is 17.9 Å². The van der Waals surface area contributed by atoms with Gasteiger partial charge in [-0.1, -0.05) is 6.92 Å². The summed E-state index contributed by atoms with van der Waals surface area (Å²) in [6.45, 7) is 5.26. The number of hydrogen-bond donors (Lipinski definition) is 1. The van der Waals surface area contributed by atoms with Crippen molar-refractivity contribution >= 4 is 10.9 Å². The molecule has 9 heteroatoms. The molecular weight excluding hydrogens is 410 g/mol. The Morgan fingerprint density at radius 1 is 1.09 bits per heavy atom. The van der Waals surface area contributed by atoms with Crippen LogP contribution in [0.25, 0.3) is 28.0 Å². The first-order valence-electron chi connectivity index (χ1n) is 10.4. The van der Waals surface area contributed by atoms with E-state index in [1.807, 2.05) is 29.8 Å². The summed E-state index contributed by atoms with van der Waals surface area (Å²) >= 11 is 0. The van der Waals surface area contributed by atoms with E-state index in [0.717, 1.165) is 35.5 Å². The van der Waals surface area contributed by atoms with Gasteiger partial charge in [-0.05, 0) is 31.0 Å². The zero-order valence-corrected chi connectivity index (χ0v) is 18.9. The molecule has 32 heavy (non-hydrogen) atoms. The van der Waals surface area contributed by atoms with Crippen molar-refractivity contribution in [1.82, 2.24) is 24.3 Å². The van der Waals surface area contributed by atoms with E-state index < -0.39 is 0 Å². The molecule has 0 amide bonds. The lowest BCUT2D eigenvalue weighted by Crippen LogP contribution is -2.05. The highest BCUT2D eigenvalue weighted by molar-refractivity contribution is 5.90. The monoisotopic (exact) mass is 437 g/mol. The van der Waals surface area contributed by atoms with Gasteiger partial charge in [-0.2, -0.15) is 5.10 Å². The topological polar surface area (TPSA) is 96.5 Å². The predicted molar refractivity (Wildman–Crippen MR) is 121 cm³/mol. The van der Waals surface area contributed by atoms with Crippen LogP contribution >= 0.6 is 0 Å². The molecule has 0 spiro atoms. The Morgan fingerprint density at radius 3 is 2.59 bits per heavy atom. The molecule has 4 rings (SSSR count). The first-order chi connectivity index (χ1) is 15.5. The molecule has 0 aliphatic heterocycles. The molecule has 168 valence electrons. The fraction of sp³-hybridized carbons (Fsp3) is 0.348. The molecule has 4 aromatic rings. The quantitative estimate of drug-likeness (QED) is 0.447. The molecule has 4 heterocycles. The zero-order chi connectivity index (χ0) is 22.8. The molecule has 9 nitrogen and oxygen atoms in total. The van der Waals surface area contributed by atoms with Gasteiger partial charge in [-0.15, -0.1) is 0 Å². The third kappa shape index (κ3) is 3.75. The van der Waals surface area contributed by atoms with Crippen LogP contribution in [0.1, 0.15) is 24.6 Å². The van der Waals surface area contributed by atoms with E-state index in [1.165, 1.54) is 0 Å². The maximum Gasteiger partial charge on any atom is 0.256 e. The molecule has 0 fully saturated rings. The number of nitrogens with zero attached hydrogens (tertiary/aromatic N) is 5. The first-order valence-corrected chi connectivity index (χ1v) is 10.4. The molecule has 4 aromatic heterocycles. The lowest BCUT2D eigenvalue weighted by molar-refractivity contribution is 0.176. The Hall–Kier alpha value is -3.59. The van der Waals surface area contributed by atoms with Gasteiger partial charge in [0.25, 0.3) is 5.88 Å². The Bertz CT molecular complexity index is 1240. The number of aryl methyl sites for hydroxylation is 2. The standard InChI is InChI=1S/C23H27N5O4/c1-6-7-28-16(13-30-3)10-20(26-28)27-12-18-21(23(27)29)14(2)8-17(25-18)15-9-19(31-4)22(32-5)24-11-15/h8-12,29H,6-7,13H2,1-5H3. The molecule has 0 bridgehead atoms. The van der Waals surface area contributed by atoms with Crippen LogP contribution < -0.4 is 9.47 Å². The van der Waals surface area contributed by atoms with Crippen LogP contribution in [0.3, 0.4) is 0 Å². The highest BCUT2D eigenvalue weighted by Gasteiger charge is 2.19. The summed E-state index contributed by atoms with van der Waals surface area (Å²) in [5.41, 5.74) is 4.00. The number of fused-ring (bicyclic) bond motifs is 1. The van der Waals surface area contributed by atoms with Gasteiger partial charge in [-0.25, -0.2) is 9.97 Å². The van der Waals surface area contributed by atoms with E-state index in [0.29, 0.717) is 35.0 Å². The number of aromatic hydroxyl groups is 1. The van der Waals surface area contributed by atoms with Crippen molar-refractivity contribution in [1.29, 1.82) is 0 Å². The molecule has 0 aliphatic carbocycles. The van der Waals surface area contributed by atoms with Crippen LogP contribution in [0.15, 0.2) is 30.6 Å². The third-order valence-electron chi connectivity index (χ3n) is 5.30. The summed E-state index contributed by atoms with van der Waals surface area (Å²) in [7, 11) is 4.77. The molecule has 0 aliphatic rings. The Kier molecular flexibility index (Phi) is 6.00. The molecule has 0 aromatic carbocycles. The Morgan fingerprint density at radius 2 is 1.91 bits per heavy atom. The molecule has 0 radical (unpaired) electrons. The minimum atomic E-state index is 0.104. The minimum Gasteiger partial charge on any atom is -0.494 e. The van der Waals surface area contributed by atoms with E-state index in [2.05, 4.69) is 17.0 Å². The van der Waals surface area contributed by atoms with Crippen molar-refractivity contribution in [3.63, 3.8) is 0 Å². The Labute approximate surface area is 186 Å². The van der Waals surface area contributed by atoms with Gasteiger partial charge in [-0.3, -0.25) is 9.25 Å². The number of aromatic nitrogens is 5. The summed E-state index contributed by atoms with van der Waals surface area (Å²) in [6.07, 6.45) is 4.43. The van der Waals surface area contributed by atoms with Crippen LogP contribution in [0.4, 0.5) is 0 Å². The second-order valence-electron chi connectivity index (χ2n) is 7.49. The van der Waals surface area contributed by atoms with Crippen molar-refractivity contribution < 1.29 is 19.3 Å². The number of ether oxygens (including phenoxy) is 3. The SMILES string of the molecule is CCCn1nc(-n2cc3nc(-c4cnc(OC)c(OC)c4)cc(C)c3c2O)cc1COC. The second-order valence-corrected chi connectivity index (χ2v) is 7.49. The lowest BCUT2D eigenvalue weighted by atomic mass is 10.1. The molecule has 0 unspecified atom stereocenters. The van der Waals surface area contributed by atoms with Gasteiger partial charge < -0.3 is 19.3 Å². The van der Waals surface area contributed by atoms with Crippen LogP contribution in [0.2, 0.25) is 0 Å². The maximum absolute atomic E-state index is 11.0. The summed E-state index contributed by atoms with van der Waals surface area (Å²) < 4.78 is 19.5. The Balaban J connectivity index is 1.81. The summed E-state index contributed by atoms with van der Waals surface area (Å²) in [4.78, 5) is 9.07. The van der Waals surface area contributed by atoms with E-state index >= 15 is 0 Å². The largest absolute Gasteiger partial charge is 0.494 e. The summed E-state index contributed by atoms with van der Waals surface area (Å²) in [5.74, 6) is 1.66. The van der Waals surface area contributed by atoms with Gasteiger partial charge in [0.1, 0.15) is 0 Å². The van der Waals surface area contributed by atoms with Crippen molar-refractivity contribution in [2.45, 2.75) is 33.4 Å². The number of methoxy groups -OCH3 is 3. The van der Waals surface area contributed by atoms with Crippen molar-refractivity contribution in [2.24, 2.45) is 0 Å². The minimum absolute atomic E-state index is 0.104. The van der Waals surface area contributed by atoms with Gasteiger partial charge in [0.2, 0.25) is 5.88 Å². The van der Waals surface area contributed by atoms with Gasteiger partial charge >= 0.3 is 0 Å². The maximum atomic E-state index is 11.0. The molecule has 0 saturated heterocycles. The predicted octanol–water partition coefficient (Wildman–Crippen LogP) is 3.87. The second kappa shape index (κ2) is 8.88. The van der Waals surface area contributed by atoms with Crippen molar-refractivity contribution in [3.8, 4) is 34.6 Å². The fourth-order valence-corrected chi connectivity index (χ4v) is 3.81. The van der Waals surface area contributed by atoms with Gasteiger partial charge in [0.05, 0.1) is 43.1 Å². The zero-order valence-electron chi connectivity index (χ0n) is 18.9. The van der Waals surface area contributed by atoms with E-state index in [4.69, 9.17) is 19.2 Å². The molecule has 0 saturated carbocycles. The van der Waals surface area contributed by atoms with E-state index in [9.17, 15) is 5.11 Å². The third-order valence-corrected chi connectivity index (χ3v) is 5.30. The average molecular weight is 438 g/mol. The van der Waals surface area contributed by atoms with Crippen molar-refractivity contribution in [3.05, 3.63) is 41.9 Å². The number of hydrogen-bond acceptors (Lipinski definition) is 7. The fourth-order valence-electron chi connectivity index (χ4n) is 3.81. The van der Waals surface area contributed by atoms with Crippen LogP contribution in [-0.4, -0.2) is 50.8 Å². The smallest absolute Gasteiger partial charge is 0.256 e. The van der Waals surface area contributed by atoms with E-state index in [1.54, 1.807) is 38.3 Å². The number of pyridine rings is 2. The summed E-state index contributed by atoms with van der Waals surface area (Å²) in [6, 6.07) is 5.67. The normalized spacial score (nSPS) is 11.3. The van der Waals surface area contributed by atoms with Gasteiger partial charge in [0, 0.05) is 37.7 Å². The van der Waals surface area contributed by atoms with Crippen molar-refractivity contribution in [2.75, 3.05) is 21.3 Å². The molecular formula is C23H27N5O4. The lowest BCUT2D eigenvalue weighted by Gasteiger charge is -2.09. The first kappa shape index (κ1) is 21.6. The highest BCUT2D eigenvalue weighted by Crippen LogP contribution is 2.35. The van der Waals surface area contributed by atoms with E-state index in [-0.39, 0.29) is 5.88 Å².